The van der Waals surface area contributed by atoms with Gasteiger partial charge in [-0.25, -0.2) is 4.99 Å². The van der Waals surface area contributed by atoms with E-state index in [0.717, 1.165) is 17.8 Å². The number of nitrogens with zero attached hydrogens (tertiary/aromatic N) is 1. The van der Waals surface area contributed by atoms with Gasteiger partial charge in [-0.05, 0) is 61.2 Å². The van der Waals surface area contributed by atoms with Crippen LogP contribution >= 0.6 is 0 Å². The van der Waals surface area contributed by atoms with Crippen LogP contribution in [0.5, 0.6) is 0 Å². The van der Waals surface area contributed by atoms with Crippen LogP contribution in [0, 0.1) is 35.5 Å². The van der Waals surface area contributed by atoms with Crippen LogP contribution in [0.3, 0.4) is 0 Å². The summed E-state index contributed by atoms with van der Waals surface area (Å²) in [4.78, 5) is 4.99. The van der Waals surface area contributed by atoms with E-state index in [4.69, 9.17) is 10.7 Å². The van der Waals surface area contributed by atoms with Crippen molar-refractivity contribution in [3.05, 3.63) is 0 Å². The summed E-state index contributed by atoms with van der Waals surface area (Å²) in [5.41, 5.74) is 6.39. The molecule has 0 aromatic heterocycles. The summed E-state index contributed by atoms with van der Waals surface area (Å²) in [6.45, 7) is 14.1. The molecule has 140 valence electrons. The first kappa shape index (κ1) is 19.6. The lowest BCUT2D eigenvalue weighted by Crippen LogP contribution is -2.49. The Labute approximate surface area is 150 Å². The summed E-state index contributed by atoms with van der Waals surface area (Å²) in [5, 5.41) is 3.63. The average molecular weight is 336 g/mol. The molecule has 0 saturated heterocycles. The fraction of sp³-hybridized carbons (Fsp3) is 0.952. The van der Waals surface area contributed by atoms with Gasteiger partial charge in [-0.1, -0.05) is 54.4 Å². The first-order valence-electron chi connectivity index (χ1n) is 10.4. The predicted octanol–water partition coefficient (Wildman–Crippen LogP) is 4.81. The molecule has 2 fully saturated rings. The third kappa shape index (κ3) is 5.13. The van der Waals surface area contributed by atoms with Crippen molar-refractivity contribution in [2.24, 2.45) is 46.2 Å². The first-order chi connectivity index (χ1) is 11.3. The van der Waals surface area contributed by atoms with Gasteiger partial charge < -0.3 is 11.1 Å². The van der Waals surface area contributed by atoms with Crippen LogP contribution in [0.4, 0.5) is 0 Å². The van der Waals surface area contributed by atoms with Crippen LogP contribution in [0.1, 0.15) is 80.1 Å². The molecule has 0 bridgehead atoms. The van der Waals surface area contributed by atoms with E-state index in [-0.39, 0.29) is 0 Å². The first-order valence-corrected chi connectivity index (χ1v) is 10.4. The Morgan fingerprint density at radius 2 is 1.42 bits per heavy atom. The Morgan fingerprint density at radius 1 is 0.875 bits per heavy atom. The van der Waals surface area contributed by atoms with Crippen molar-refractivity contribution in [1.82, 2.24) is 5.32 Å². The van der Waals surface area contributed by atoms with E-state index < -0.39 is 0 Å². The molecular formula is C21H41N3. The summed E-state index contributed by atoms with van der Waals surface area (Å²) < 4.78 is 0. The molecule has 0 aromatic carbocycles. The number of nitrogens with two attached hydrogens (primary N) is 1. The molecule has 0 unspecified atom stereocenters. The second-order valence-electron chi connectivity index (χ2n) is 9.48. The zero-order chi connectivity index (χ0) is 17.9. The van der Waals surface area contributed by atoms with Crippen LogP contribution in [-0.4, -0.2) is 18.0 Å². The van der Waals surface area contributed by atoms with E-state index in [1.807, 2.05) is 0 Å². The molecule has 0 radical (unpaired) electrons. The molecular weight excluding hydrogens is 294 g/mol. The van der Waals surface area contributed by atoms with Gasteiger partial charge in [0.25, 0.3) is 0 Å². The quantitative estimate of drug-likeness (QED) is 0.572. The molecule has 2 aliphatic rings. The largest absolute Gasteiger partial charge is 0.370 e. The maximum Gasteiger partial charge on any atom is 0.189 e. The molecule has 3 heteroatoms. The second kappa shape index (κ2) is 8.58. The van der Waals surface area contributed by atoms with E-state index in [1.54, 1.807) is 0 Å². The van der Waals surface area contributed by atoms with Gasteiger partial charge in [0, 0.05) is 6.04 Å². The Hall–Kier alpha value is -0.730. The number of hydrogen-bond donors (Lipinski definition) is 2. The van der Waals surface area contributed by atoms with Crippen LogP contribution in [0.15, 0.2) is 4.99 Å². The number of hydrogen-bond acceptors (Lipinski definition) is 1. The monoisotopic (exact) mass is 335 g/mol. The second-order valence-corrected chi connectivity index (χ2v) is 9.48. The summed E-state index contributed by atoms with van der Waals surface area (Å²) in [6, 6.07) is 0.899. The molecule has 2 aliphatic carbocycles. The molecule has 24 heavy (non-hydrogen) atoms. The highest BCUT2D eigenvalue weighted by molar-refractivity contribution is 5.78. The number of rotatable bonds is 4. The lowest BCUT2D eigenvalue weighted by Gasteiger charge is -2.39. The highest BCUT2D eigenvalue weighted by Crippen LogP contribution is 2.36. The topological polar surface area (TPSA) is 50.4 Å². The highest BCUT2D eigenvalue weighted by Gasteiger charge is 2.33. The van der Waals surface area contributed by atoms with Crippen LogP contribution < -0.4 is 11.1 Å². The van der Waals surface area contributed by atoms with Gasteiger partial charge in [0.1, 0.15) is 0 Å². The third-order valence-corrected chi connectivity index (χ3v) is 6.65. The summed E-state index contributed by atoms with van der Waals surface area (Å²) >= 11 is 0. The van der Waals surface area contributed by atoms with Crippen molar-refractivity contribution < 1.29 is 0 Å². The van der Waals surface area contributed by atoms with Crippen LogP contribution in [-0.2, 0) is 0 Å². The molecule has 3 nitrogen and oxygen atoms in total. The number of guanidine groups is 1. The fourth-order valence-electron chi connectivity index (χ4n) is 5.07. The highest BCUT2D eigenvalue weighted by atomic mass is 15.1. The lowest BCUT2D eigenvalue weighted by molar-refractivity contribution is 0.183. The lowest BCUT2D eigenvalue weighted by atomic mass is 9.74. The van der Waals surface area contributed by atoms with Gasteiger partial charge >= 0.3 is 0 Å². The van der Waals surface area contributed by atoms with Crippen LogP contribution in [0.25, 0.3) is 0 Å². The SMILES string of the molecule is CC(C)[C@H]1CC[C@@H](C)C[C@@H]1N=C(N)N[C@H]1C[C@H](C)CC[C@H]1C(C)C. The Kier molecular flexibility index (Phi) is 7.00. The van der Waals surface area contributed by atoms with Crippen molar-refractivity contribution in [3.63, 3.8) is 0 Å². The molecule has 0 spiro atoms. The predicted molar refractivity (Wildman–Crippen MR) is 105 cm³/mol. The minimum absolute atomic E-state index is 0.403. The summed E-state index contributed by atoms with van der Waals surface area (Å²) in [5.74, 6) is 5.08. The van der Waals surface area contributed by atoms with Crippen molar-refractivity contribution >= 4 is 5.96 Å². The van der Waals surface area contributed by atoms with E-state index in [9.17, 15) is 0 Å². The zero-order valence-corrected chi connectivity index (χ0v) is 16.9. The molecule has 2 saturated carbocycles. The van der Waals surface area contributed by atoms with Crippen molar-refractivity contribution in [2.75, 3.05) is 0 Å². The average Bonchev–Trinajstić information content (AvgIpc) is 2.46. The maximum absolute atomic E-state index is 6.39. The molecule has 6 atom stereocenters. The van der Waals surface area contributed by atoms with Gasteiger partial charge in [0.05, 0.1) is 6.04 Å². The Balaban J connectivity index is 2.05. The van der Waals surface area contributed by atoms with E-state index in [1.165, 1.54) is 38.5 Å². The van der Waals surface area contributed by atoms with E-state index in [0.29, 0.717) is 35.8 Å². The molecule has 3 N–H and O–H groups in total. The minimum Gasteiger partial charge on any atom is -0.370 e. The zero-order valence-electron chi connectivity index (χ0n) is 16.9. The maximum atomic E-state index is 6.39. The normalized spacial score (nSPS) is 38.6. The van der Waals surface area contributed by atoms with Gasteiger partial charge in [-0.3, -0.25) is 0 Å². The van der Waals surface area contributed by atoms with Gasteiger partial charge in [0.2, 0.25) is 0 Å². The fourth-order valence-corrected chi connectivity index (χ4v) is 5.07. The number of aliphatic imine (C=N–C) groups is 1. The Bertz CT molecular complexity index is 415. The summed E-state index contributed by atoms with van der Waals surface area (Å²) in [6.07, 6.45) is 7.74. The number of nitrogens with one attached hydrogen (secondary N) is 1. The molecule has 0 aromatic rings. The molecule has 0 heterocycles. The Morgan fingerprint density at radius 3 is 2.00 bits per heavy atom. The van der Waals surface area contributed by atoms with E-state index in [2.05, 4.69) is 46.9 Å². The molecule has 0 aliphatic heterocycles. The standard InChI is InChI=1S/C21H41N3/c1-13(2)17-9-7-15(5)11-19(17)23-21(22)24-20-12-16(6)8-10-18(20)14(3)4/h13-20H,7-12H2,1-6H3,(H3,22,23,24)/t15-,16-,17-,18+,19+,20+/m1/s1. The molecule has 0 amide bonds. The van der Waals surface area contributed by atoms with Crippen LogP contribution in [0.2, 0.25) is 0 Å². The van der Waals surface area contributed by atoms with Crippen molar-refractivity contribution in [2.45, 2.75) is 92.2 Å². The molecule has 2 rings (SSSR count). The van der Waals surface area contributed by atoms with Crippen molar-refractivity contribution in [1.29, 1.82) is 0 Å². The van der Waals surface area contributed by atoms with Gasteiger partial charge in [-0.2, -0.15) is 0 Å². The van der Waals surface area contributed by atoms with Crippen molar-refractivity contribution in [3.8, 4) is 0 Å². The smallest absolute Gasteiger partial charge is 0.189 e. The van der Waals surface area contributed by atoms with E-state index >= 15 is 0 Å². The summed E-state index contributed by atoms with van der Waals surface area (Å²) in [7, 11) is 0. The third-order valence-electron chi connectivity index (χ3n) is 6.65. The minimum atomic E-state index is 0.403. The van der Waals surface area contributed by atoms with Gasteiger partial charge in [0.15, 0.2) is 5.96 Å². The van der Waals surface area contributed by atoms with Gasteiger partial charge in [-0.15, -0.1) is 0 Å².